The van der Waals surface area contributed by atoms with Crippen molar-refractivity contribution in [2.75, 3.05) is 6.61 Å². The largest absolute Gasteiger partial charge is 0.387 e. The van der Waals surface area contributed by atoms with Gasteiger partial charge >= 0.3 is 0 Å². The second-order valence-electron chi connectivity index (χ2n) is 5.43. The molecule has 1 saturated carbocycles. The fourth-order valence-corrected chi connectivity index (χ4v) is 2.08. The molecule has 1 atom stereocenters. The average Bonchev–Trinajstić information content (AvgIpc) is 2.23. The van der Waals surface area contributed by atoms with Crippen LogP contribution in [0.1, 0.15) is 47.0 Å². The van der Waals surface area contributed by atoms with Gasteiger partial charge in [-0.1, -0.05) is 13.8 Å². The van der Waals surface area contributed by atoms with Gasteiger partial charge in [-0.2, -0.15) is 0 Å². The molecule has 1 unspecified atom stereocenters. The van der Waals surface area contributed by atoms with Crippen LogP contribution in [-0.2, 0) is 4.74 Å². The predicted molar refractivity (Wildman–Crippen MR) is 53.7 cm³/mol. The van der Waals surface area contributed by atoms with E-state index in [2.05, 4.69) is 13.8 Å². The lowest BCUT2D eigenvalue weighted by Crippen LogP contribution is -2.33. The third-order valence-corrected chi connectivity index (χ3v) is 2.76. The Labute approximate surface area is 81.3 Å². The molecule has 0 spiro atoms. The van der Waals surface area contributed by atoms with E-state index in [0.29, 0.717) is 6.61 Å². The fraction of sp³-hybridized carbons (Fsp3) is 1.00. The van der Waals surface area contributed by atoms with Crippen molar-refractivity contribution in [1.29, 1.82) is 0 Å². The predicted octanol–water partition coefficient (Wildman–Crippen LogP) is 2.35. The molecule has 1 rings (SSSR count). The number of aliphatic hydroxyl groups is 1. The van der Waals surface area contributed by atoms with Crippen LogP contribution in [0.5, 0.6) is 0 Å². The van der Waals surface area contributed by atoms with Crippen molar-refractivity contribution < 1.29 is 9.84 Å². The zero-order chi connectivity index (χ0) is 10.1. The van der Waals surface area contributed by atoms with Crippen LogP contribution in [0, 0.1) is 5.41 Å². The van der Waals surface area contributed by atoms with Crippen molar-refractivity contribution in [2.24, 2.45) is 5.41 Å². The Balaban J connectivity index is 2.41. The van der Waals surface area contributed by atoms with Crippen molar-refractivity contribution in [3.63, 3.8) is 0 Å². The van der Waals surface area contributed by atoms with Crippen molar-refractivity contribution in [1.82, 2.24) is 0 Å². The first-order chi connectivity index (χ1) is 5.83. The van der Waals surface area contributed by atoms with E-state index in [4.69, 9.17) is 4.74 Å². The standard InChI is InChI=1S/C11H22O2/c1-9(2)13-8-11(12)6-5-10(3,4)7-11/h9,12H,5-8H2,1-4H3. The maximum atomic E-state index is 10.2. The Morgan fingerprint density at radius 2 is 1.92 bits per heavy atom. The minimum atomic E-state index is -0.562. The molecule has 1 aliphatic rings. The second-order valence-corrected chi connectivity index (χ2v) is 5.43. The topological polar surface area (TPSA) is 29.5 Å². The van der Waals surface area contributed by atoms with Crippen LogP contribution in [0.4, 0.5) is 0 Å². The Morgan fingerprint density at radius 3 is 2.31 bits per heavy atom. The molecule has 0 radical (unpaired) electrons. The molecule has 0 bridgehead atoms. The number of rotatable bonds is 3. The molecular formula is C11H22O2. The van der Waals surface area contributed by atoms with Gasteiger partial charge in [0.25, 0.3) is 0 Å². The first-order valence-corrected chi connectivity index (χ1v) is 5.17. The van der Waals surface area contributed by atoms with Gasteiger partial charge < -0.3 is 9.84 Å². The molecule has 0 aliphatic heterocycles. The van der Waals surface area contributed by atoms with E-state index < -0.39 is 5.60 Å². The van der Waals surface area contributed by atoms with Gasteiger partial charge in [0.15, 0.2) is 0 Å². The summed E-state index contributed by atoms with van der Waals surface area (Å²) >= 11 is 0. The van der Waals surface area contributed by atoms with E-state index >= 15 is 0 Å². The SMILES string of the molecule is CC(C)OCC1(O)CCC(C)(C)C1. The van der Waals surface area contributed by atoms with Gasteiger partial charge in [-0.15, -0.1) is 0 Å². The Kier molecular flexibility index (Phi) is 3.03. The van der Waals surface area contributed by atoms with Crippen molar-refractivity contribution >= 4 is 0 Å². The van der Waals surface area contributed by atoms with Crippen LogP contribution in [0.2, 0.25) is 0 Å². The minimum absolute atomic E-state index is 0.215. The molecule has 13 heavy (non-hydrogen) atoms. The van der Waals surface area contributed by atoms with Crippen LogP contribution < -0.4 is 0 Å². The van der Waals surface area contributed by atoms with Crippen molar-refractivity contribution in [2.45, 2.75) is 58.7 Å². The average molecular weight is 186 g/mol. The highest BCUT2D eigenvalue weighted by molar-refractivity contribution is 4.93. The number of hydrogen-bond acceptors (Lipinski definition) is 2. The number of ether oxygens (including phenoxy) is 1. The first-order valence-electron chi connectivity index (χ1n) is 5.17. The van der Waals surface area contributed by atoms with Gasteiger partial charge in [0.05, 0.1) is 18.3 Å². The molecule has 1 N–H and O–H groups in total. The lowest BCUT2D eigenvalue weighted by atomic mass is 9.89. The molecule has 2 nitrogen and oxygen atoms in total. The molecule has 0 heterocycles. The van der Waals surface area contributed by atoms with Gasteiger partial charge in [0.2, 0.25) is 0 Å². The quantitative estimate of drug-likeness (QED) is 0.733. The number of hydrogen-bond donors (Lipinski definition) is 1. The summed E-state index contributed by atoms with van der Waals surface area (Å²) < 4.78 is 5.47. The van der Waals surface area contributed by atoms with E-state index in [9.17, 15) is 5.11 Å². The van der Waals surface area contributed by atoms with Crippen LogP contribution in [0.15, 0.2) is 0 Å². The summed E-state index contributed by atoms with van der Waals surface area (Å²) in [7, 11) is 0. The highest BCUT2D eigenvalue weighted by atomic mass is 16.5. The fourth-order valence-electron chi connectivity index (χ4n) is 2.08. The van der Waals surface area contributed by atoms with Gasteiger partial charge in [-0.3, -0.25) is 0 Å². The lowest BCUT2D eigenvalue weighted by molar-refractivity contribution is -0.0648. The Morgan fingerprint density at radius 1 is 1.31 bits per heavy atom. The van der Waals surface area contributed by atoms with Crippen LogP contribution >= 0.6 is 0 Å². The zero-order valence-electron chi connectivity index (χ0n) is 9.26. The Bertz CT molecular complexity index is 175. The van der Waals surface area contributed by atoms with E-state index in [-0.39, 0.29) is 11.5 Å². The third-order valence-electron chi connectivity index (χ3n) is 2.76. The van der Waals surface area contributed by atoms with Gasteiger partial charge in [-0.05, 0) is 38.5 Å². The molecule has 1 fully saturated rings. The van der Waals surface area contributed by atoms with E-state index in [1.807, 2.05) is 13.8 Å². The summed E-state index contributed by atoms with van der Waals surface area (Å²) in [6.07, 6.45) is 3.07. The summed E-state index contributed by atoms with van der Waals surface area (Å²) in [4.78, 5) is 0. The molecule has 0 aromatic heterocycles. The second kappa shape index (κ2) is 3.58. The normalized spacial score (nSPS) is 32.8. The van der Waals surface area contributed by atoms with Crippen molar-refractivity contribution in [3.8, 4) is 0 Å². The summed E-state index contributed by atoms with van der Waals surface area (Å²) in [5, 5.41) is 10.2. The molecular weight excluding hydrogens is 164 g/mol. The maximum absolute atomic E-state index is 10.2. The minimum Gasteiger partial charge on any atom is -0.387 e. The molecule has 0 saturated heterocycles. The summed E-state index contributed by atoms with van der Waals surface area (Å²) in [5.74, 6) is 0. The zero-order valence-corrected chi connectivity index (χ0v) is 9.26. The highest BCUT2D eigenvalue weighted by Crippen LogP contribution is 2.43. The van der Waals surface area contributed by atoms with Crippen LogP contribution in [0.3, 0.4) is 0 Å². The molecule has 2 heteroatoms. The molecule has 78 valence electrons. The van der Waals surface area contributed by atoms with Gasteiger partial charge in [-0.25, -0.2) is 0 Å². The Hall–Kier alpha value is -0.0800. The molecule has 1 aliphatic carbocycles. The molecule has 0 amide bonds. The van der Waals surface area contributed by atoms with Crippen LogP contribution in [-0.4, -0.2) is 23.4 Å². The van der Waals surface area contributed by atoms with Crippen molar-refractivity contribution in [3.05, 3.63) is 0 Å². The summed E-state index contributed by atoms with van der Waals surface area (Å²) in [6, 6.07) is 0. The summed E-state index contributed by atoms with van der Waals surface area (Å²) in [5.41, 5.74) is -0.275. The van der Waals surface area contributed by atoms with E-state index in [0.717, 1.165) is 19.3 Å². The highest BCUT2D eigenvalue weighted by Gasteiger charge is 2.41. The van der Waals surface area contributed by atoms with Crippen LogP contribution in [0.25, 0.3) is 0 Å². The third kappa shape index (κ3) is 3.28. The van der Waals surface area contributed by atoms with Gasteiger partial charge in [0, 0.05) is 0 Å². The first kappa shape index (κ1) is 11.0. The maximum Gasteiger partial charge on any atom is 0.0885 e. The molecule has 0 aromatic carbocycles. The monoisotopic (exact) mass is 186 g/mol. The molecule has 0 aromatic rings. The van der Waals surface area contributed by atoms with Gasteiger partial charge in [0.1, 0.15) is 0 Å². The van der Waals surface area contributed by atoms with E-state index in [1.54, 1.807) is 0 Å². The van der Waals surface area contributed by atoms with E-state index in [1.165, 1.54) is 0 Å². The smallest absolute Gasteiger partial charge is 0.0885 e. The lowest BCUT2D eigenvalue weighted by Gasteiger charge is -2.25. The summed E-state index contributed by atoms with van der Waals surface area (Å²) in [6.45, 7) is 8.92.